The van der Waals surface area contributed by atoms with Crippen LogP contribution in [0.2, 0.25) is 0 Å². The van der Waals surface area contributed by atoms with Crippen molar-refractivity contribution in [3.05, 3.63) is 53.4 Å². The summed E-state index contributed by atoms with van der Waals surface area (Å²) in [6.45, 7) is 1.67. The van der Waals surface area contributed by atoms with Crippen LogP contribution in [0.15, 0.2) is 51.0 Å². The van der Waals surface area contributed by atoms with Crippen LogP contribution in [0.1, 0.15) is 11.3 Å². The van der Waals surface area contributed by atoms with Crippen molar-refractivity contribution in [2.75, 3.05) is 19.5 Å². The lowest BCUT2D eigenvalue weighted by atomic mass is 10.1. The van der Waals surface area contributed by atoms with Crippen LogP contribution in [0.3, 0.4) is 0 Å². The van der Waals surface area contributed by atoms with Crippen LogP contribution in [0.25, 0.3) is 0 Å². The van der Waals surface area contributed by atoms with Gasteiger partial charge >= 0.3 is 10.2 Å². The highest BCUT2D eigenvalue weighted by atomic mass is 32.2. The van der Waals surface area contributed by atoms with Gasteiger partial charge in [0.25, 0.3) is 5.91 Å². The summed E-state index contributed by atoms with van der Waals surface area (Å²) in [6.07, 6.45) is 1.39. The van der Waals surface area contributed by atoms with Gasteiger partial charge in [-0.3, -0.25) is 4.79 Å². The topological polar surface area (TPSA) is 114 Å². The first-order valence-corrected chi connectivity index (χ1v) is 8.89. The Morgan fingerprint density at radius 1 is 1.31 bits per heavy atom. The average Bonchev–Trinajstić information content (AvgIpc) is 3.01. The summed E-state index contributed by atoms with van der Waals surface area (Å²) in [4.78, 5) is 12.5. The quantitative estimate of drug-likeness (QED) is 0.865. The van der Waals surface area contributed by atoms with Crippen molar-refractivity contribution in [3.63, 3.8) is 0 Å². The Kier molecular flexibility index (Phi) is 4.51. The van der Waals surface area contributed by atoms with E-state index in [-0.39, 0.29) is 17.2 Å². The maximum Gasteiger partial charge on any atom is 0.345 e. The normalized spacial score (nSPS) is 15.9. The fourth-order valence-corrected chi connectivity index (χ4v) is 3.20. The molecule has 1 aromatic heterocycles. The predicted octanol–water partition coefficient (Wildman–Crippen LogP) is 1.49. The van der Waals surface area contributed by atoms with E-state index in [0.717, 1.165) is 4.31 Å². The van der Waals surface area contributed by atoms with Gasteiger partial charge in [-0.1, -0.05) is 17.3 Å². The summed E-state index contributed by atoms with van der Waals surface area (Å²) in [5, 5.41) is 6.16. The predicted molar refractivity (Wildman–Crippen MR) is 94.2 cm³/mol. The number of aromatic nitrogens is 1. The number of ether oxygens (including phenoxy) is 1. The summed E-state index contributed by atoms with van der Waals surface area (Å²) in [5.74, 6) is 0.584. The second-order valence-electron chi connectivity index (χ2n) is 5.46. The third kappa shape index (κ3) is 3.45. The van der Waals surface area contributed by atoms with Gasteiger partial charge in [0.05, 0.1) is 12.8 Å². The molecule has 1 aromatic carbocycles. The molecule has 26 heavy (non-hydrogen) atoms. The number of nitrogens with zero attached hydrogens (tertiary/aromatic N) is 3. The Balaban J connectivity index is 1.99. The van der Waals surface area contributed by atoms with Crippen LogP contribution in [0.5, 0.6) is 5.75 Å². The standard InChI is InChI=1S/C16H16N4O5S/c1-10-7-15(18-25-10)17-16(21)14-9-13(19-26(22,23)20(14)2)11-5-4-6-12(8-11)24-3/h4-9H,1-3H3,(H,17,18,21). The molecule has 1 amide bonds. The molecule has 136 valence electrons. The first-order valence-electron chi connectivity index (χ1n) is 7.50. The van der Waals surface area contributed by atoms with Gasteiger partial charge < -0.3 is 14.6 Å². The number of rotatable bonds is 4. The van der Waals surface area contributed by atoms with Gasteiger partial charge in [0, 0.05) is 18.7 Å². The molecule has 2 heterocycles. The van der Waals surface area contributed by atoms with Crippen molar-refractivity contribution in [2.24, 2.45) is 4.40 Å². The largest absolute Gasteiger partial charge is 0.497 e. The Morgan fingerprint density at radius 3 is 2.73 bits per heavy atom. The third-order valence-corrected chi connectivity index (χ3v) is 4.96. The van der Waals surface area contributed by atoms with E-state index in [0.29, 0.717) is 17.1 Å². The second-order valence-corrected chi connectivity index (χ2v) is 7.09. The fourth-order valence-electron chi connectivity index (χ4n) is 2.29. The first kappa shape index (κ1) is 17.7. The van der Waals surface area contributed by atoms with Crippen LogP contribution >= 0.6 is 0 Å². The smallest absolute Gasteiger partial charge is 0.345 e. The van der Waals surface area contributed by atoms with Crippen molar-refractivity contribution in [2.45, 2.75) is 6.92 Å². The molecule has 0 bridgehead atoms. The lowest BCUT2D eigenvalue weighted by Gasteiger charge is -2.23. The number of anilines is 1. The average molecular weight is 376 g/mol. The molecular weight excluding hydrogens is 360 g/mol. The van der Waals surface area contributed by atoms with E-state index in [2.05, 4.69) is 14.9 Å². The zero-order chi connectivity index (χ0) is 18.9. The van der Waals surface area contributed by atoms with Gasteiger partial charge in [0.15, 0.2) is 5.82 Å². The Morgan fingerprint density at radius 2 is 2.08 bits per heavy atom. The fraction of sp³-hybridized carbons (Fsp3) is 0.188. The van der Waals surface area contributed by atoms with Crippen molar-refractivity contribution in [3.8, 4) is 5.75 Å². The van der Waals surface area contributed by atoms with Gasteiger partial charge in [0.1, 0.15) is 17.2 Å². The number of likely N-dealkylation sites (N-methyl/N-ethyl adjacent to an activating group) is 1. The van der Waals surface area contributed by atoms with Gasteiger partial charge in [0.2, 0.25) is 0 Å². The van der Waals surface area contributed by atoms with Crippen molar-refractivity contribution < 1.29 is 22.5 Å². The Bertz CT molecular complexity index is 1020. The number of hydrogen-bond donors (Lipinski definition) is 1. The van der Waals surface area contributed by atoms with Crippen molar-refractivity contribution in [1.29, 1.82) is 0 Å². The Hall–Kier alpha value is -3.14. The van der Waals surface area contributed by atoms with Gasteiger partial charge in [-0.25, -0.2) is 4.31 Å². The molecular formula is C16H16N4O5S. The van der Waals surface area contributed by atoms with Gasteiger partial charge in [-0.05, 0) is 25.1 Å². The minimum absolute atomic E-state index is 0.0986. The van der Waals surface area contributed by atoms with Crippen LogP contribution in [-0.2, 0) is 15.0 Å². The molecule has 0 fully saturated rings. The van der Waals surface area contributed by atoms with E-state index in [4.69, 9.17) is 9.26 Å². The molecule has 0 spiro atoms. The molecule has 0 atom stereocenters. The number of benzene rings is 1. The molecule has 3 rings (SSSR count). The number of aryl methyl sites for hydroxylation is 1. The van der Waals surface area contributed by atoms with E-state index < -0.39 is 16.1 Å². The van der Waals surface area contributed by atoms with Crippen LogP contribution in [0, 0.1) is 6.92 Å². The number of nitrogens with one attached hydrogen (secondary N) is 1. The highest BCUT2D eigenvalue weighted by Crippen LogP contribution is 2.22. The van der Waals surface area contributed by atoms with E-state index >= 15 is 0 Å². The lowest BCUT2D eigenvalue weighted by Crippen LogP contribution is -2.35. The molecule has 9 nitrogen and oxygen atoms in total. The minimum atomic E-state index is -4.05. The molecule has 1 aliphatic heterocycles. The maximum atomic E-state index is 12.5. The number of carbonyl (C=O) groups excluding carboxylic acids is 1. The molecule has 2 aromatic rings. The summed E-state index contributed by atoms with van der Waals surface area (Å²) in [5.41, 5.74) is 0.533. The number of carbonyl (C=O) groups is 1. The molecule has 0 saturated carbocycles. The zero-order valence-corrected chi connectivity index (χ0v) is 15.1. The third-order valence-electron chi connectivity index (χ3n) is 3.64. The zero-order valence-electron chi connectivity index (χ0n) is 14.3. The summed E-state index contributed by atoms with van der Waals surface area (Å²) < 4.78 is 39.3. The number of methoxy groups -OCH3 is 1. The van der Waals surface area contributed by atoms with Crippen LogP contribution in [-0.4, -0.2) is 43.7 Å². The number of amides is 1. The SMILES string of the molecule is COc1cccc(C2=NS(=O)(=O)N(C)C(C(=O)Nc3cc(C)on3)=C2)c1. The highest BCUT2D eigenvalue weighted by molar-refractivity contribution is 7.88. The van der Waals surface area contributed by atoms with E-state index in [1.54, 1.807) is 31.2 Å². The van der Waals surface area contributed by atoms with Crippen molar-refractivity contribution >= 4 is 27.6 Å². The highest BCUT2D eigenvalue weighted by Gasteiger charge is 2.30. The second kappa shape index (κ2) is 6.64. The number of allylic oxidation sites excluding steroid dienone is 1. The maximum absolute atomic E-state index is 12.5. The van der Waals surface area contributed by atoms with Crippen molar-refractivity contribution in [1.82, 2.24) is 9.46 Å². The molecule has 1 N–H and O–H groups in total. The minimum Gasteiger partial charge on any atom is -0.497 e. The van der Waals surface area contributed by atoms with E-state index in [9.17, 15) is 13.2 Å². The summed E-state index contributed by atoms with van der Waals surface area (Å²) in [6, 6.07) is 8.25. The Labute approximate surface area is 150 Å². The molecule has 0 radical (unpaired) electrons. The molecule has 0 unspecified atom stereocenters. The molecule has 0 saturated heterocycles. The van der Waals surface area contributed by atoms with E-state index in [1.165, 1.54) is 26.3 Å². The van der Waals surface area contributed by atoms with Gasteiger partial charge in [-0.2, -0.15) is 8.42 Å². The summed E-state index contributed by atoms with van der Waals surface area (Å²) in [7, 11) is -1.30. The van der Waals surface area contributed by atoms with Gasteiger partial charge in [-0.15, -0.1) is 4.40 Å². The first-order chi connectivity index (χ1) is 12.3. The van der Waals surface area contributed by atoms with Crippen LogP contribution < -0.4 is 10.1 Å². The number of hydrogen-bond acceptors (Lipinski definition) is 6. The monoisotopic (exact) mass is 376 g/mol. The molecule has 10 heteroatoms. The lowest BCUT2D eigenvalue weighted by molar-refractivity contribution is -0.113. The van der Waals surface area contributed by atoms with Crippen LogP contribution in [0.4, 0.5) is 5.82 Å². The molecule has 0 aliphatic carbocycles. The van der Waals surface area contributed by atoms with E-state index in [1.807, 2.05) is 0 Å². The molecule has 1 aliphatic rings. The summed E-state index contributed by atoms with van der Waals surface area (Å²) >= 11 is 0.